The lowest BCUT2D eigenvalue weighted by Crippen LogP contribution is -2.45. The van der Waals surface area contributed by atoms with Crippen molar-refractivity contribution in [2.24, 2.45) is 23.0 Å². The second-order valence-electron chi connectivity index (χ2n) is 5.61. The first kappa shape index (κ1) is 13.9. The van der Waals surface area contributed by atoms with E-state index in [1.54, 1.807) is 0 Å². The highest BCUT2D eigenvalue weighted by Gasteiger charge is 2.23. The van der Waals surface area contributed by atoms with Crippen molar-refractivity contribution in [2.75, 3.05) is 13.1 Å². The first-order valence-electron chi connectivity index (χ1n) is 5.74. The summed E-state index contributed by atoms with van der Waals surface area (Å²) in [6.45, 7) is 15.4. The Kier molecular flexibility index (Phi) is 5.68. The molecule has 86 valence electrons. The van der Waals surface area contributed by atoms with E-state index in [4.69, 9.17) is 5.73 Å². The minimum absolute atomic E-state index is 0.350. The van der Waals surface area contributed by atoms with Gasteiger partial charge >= 0.3 is 0 Å². The molecule has 0 aromatic heterocycles. The van der Waals surface area contributed by atoms with Crippen LogP contribution >= 0.6 is 0 Å². The molecule has 3 N–H and O–H groups in total. The zero-order valence-electron chi connectivity index (χ0n) is 10.7. The Labute approximate surface area is 89.6 Å². The fraction of sp³-hybridized carbons (Fsp3) is 1.00. The molecule has 0 heterocycles. The highest BCUT2D eigenvalue weighted by Crippen LogP contribution is 2.25. The van der Waals surface area contributed by atoms with E-state index >= 15 is 0 Å². The van der Waals surface area contributed by atoms with Gasteiger partial charge in [-0.15, -0.1) is 0 Å². The Morgan fingerprint density at radius 2 is 1.64 bits per heavy atom. The van der Waals surface area contributed by atoms with Crippen molar-refractivity contribution in [3.8, 4) is 0 Å². The van der Waals surface area contributed by atoms with Crippen molar-refractivity contribution in [1.29, 1.82) is 0 Å². The molecule has 0 aliphatic rings. The standard InChI is InChI=1S/C12H28N2/c1-9(2)11(7-13)14-8-12(5,6)10(3)4/h9-11,14H,7-8,13H2,1-6H3. The molecule has 0 bridgehead atoms. The Hall–Kier alpha value is -0.0800. The summed E-state index contributed by atoms with van der Waals surface area (Å²) in [5.41, 5.74) is 6.07. The normalized spacial score (nSPS) is 15.2. The molecule has 0 aliphatic carbocycles. The lowest BCUT2D eigenvalue weighted by atomic mass is 9.81. The van der Waals surface area contributed by atoms with Crippen LogP contribution in [0.4, 0.5) is 0 Å². The summed E-state index contributed by atoms with van der Waals surface area (Å²) in [6.07, 6.45) is 0. The monoisotopic (exact) mass is 200 g/mol. The van der Waals surface area contributed by atoms with Gasteiger partial charge in [0.05, 0.1) is 0 Å². The van der Waals surface area contributed by atoms with Gasteiger partial charge in [0.1, 0.15) is 0 Å². The van der Waals surface area contributed by atoms with E-state index in [0.29, 0.717) is 23.3 Å². The predicted molar refractivity (Wildman–Crippen MR) is 64.3 cm³/mol. The van der Waals surface area contributed by atoms with Crippen LogP contribution in [0.15, 0.2) is 0 Å². The van der Waals surface area contributed by atoms with Crippen molar-refractivity contribution in [1.82, 2.24) is 5.32 Å². The molecule has 0 aromatic carbocycles. The molecule has 2 nitrogen and oxygen atoms in total. The number of hydrogen-bond donors (Lipinski definition) is 2. The van der Waals surface area contributed by atoms with Gasteiger partial charge in [-0.2, -0.15) is 0 Å². The van der Waals surface area contributed by atoms with Crippen molar-refractivity contribution >= 4 is 0 Å². The van der Waals surface area contributed by atoms with Crippen molar-refractivity contribution < 1.29 is 0 Å². The summed E-state index contributed by atoms with van der Waals surface area (Å²) in [7, 11) is 0. The summed E-state index contributed by atoms with van der Waals surface area (Å²) < 4.78 is 0. The first-order chi connectivity index (χ1) is 6.31. The molecule has 2 heteroatoms. The molecule has 0 aliphatic heterocycles. The van der Waals surface area contributed by atoms with E-state index in [-0.39, 0.29) is 0 Å². The molecule has 14 heavy (non-hydrogen) atoms. The zero-order chi connectivity index (χ0) is 11.4. The zero-order valence-corrected chi connectivity index (χ0v) is 10.7. The predicted octanol–water partition coefficient (Wildman–Crippen LogP) is 2.24. The highest BCUT2D eigenvalue weighted by molar-refractivity contribution is 4.79. The SMILES string of the molecule is CC(C)C(CN)NCC(C)(C)C(C)C. The van der Waals surface area contributed by atoms with E-state index < -0.39 is 0 Å². The highest BCUT2D eigenvalue weighted by atomic mass is 14.9. The van der Waals surface area contributed by atoms with Crippen LogP contribution in [-0.4, -0.2) is 19.1 Å². The average molecular weight is 200 g/mol. The first-order valence-corrected chi connectivity index (χ1v) is 5.74. The van der Waals surface area contributed by atoms with Gasteiger partial charge in [-0.25, -0.2) is 0 Å². The third-order valence-corrected chi connectivity index (χ3v) is 3.44. The molecule has 1 atom stereocenters. The molecule has 0 spiro atoms. The quantitative estimate of drug-likeness (QED) is 0.690. The van der Waals surface area contributed by atoms with Crippen LogP contribution in [0.25, 0.3) is 0 Å². The molecule has 0 fully saturated rings. The van der Waals surface area contributed by atoms with Crippen LogP contribution in [0.3, 0.4) is 0 Å². The fourth-order valence-electron chi connectivity index (χ4n) is 1.19. The van der Waals surface area contributed by atoms with Crippen molar-refractivity contribution in [3.05, 3.63) is 0 Å². The number of nitrogens with two attached hydrogens (primary N) is 1. The minimum atomic E-state index is 0.350. The van der Waals surface area contributed by atoms with Gasteiger partial charge in [0.2, 0.25) is 0 Å². The van der Waals surface area contributed by atoms with Crippen molar-refractivity contribution in [2.45, 2.75) is 47.6 Å². The van der Waals surface area contributed by atoms with Gasteiger partial charge in [-0.3, -0.25) is 0 Å². The fourth-order valence-corrected chi connectivity index (χ4v) is 1.19. The van der Waals surface area contributed by atoms with Crippen LogP contribution in [0.2, 0.25) is 0 Å². The van der Waals surface area contributed by atoms with Gasteiger partial charge in [-0.05, 0) is 17.3 Å². The van der Waals surface area contributed by atoms with Gasteiger partial charge < -0.3 is 11.1 Å². The largest absolute Gasteiger partial charge is 0.329 e. The minimum Gasteiger partial charge on any atom is -0.329 e. The molecular formula is C12H28N2. The van der Waals surface area contributed by atoms with Crippen LogP contribution in [0, 0.1) is 17.3 Å². The second-order valence-corrected chi connectivity index (χ2v) is 5.61. The Bertz CT molecular complexity index is 150. The maximum Gasteiger partial charge on any atom is 0.0213 e. The van der Waals surface area contributed by atoms with Crippen LogP contribution in [0.5, 0.6) is 0 Å². The molecule has 1 unspecified atom stereocenters. The molecular weight excluding hydrogens is 172 g/mol. The van der Waals surface area contributed by atoms with E-state index in [0.717, 1.165) is 13.1 Å². The van der Waals surface area contributed by atoms with Gasteiger partial charge in [0.25, 0.3) is 0 Å². The van der Waals surface area contributed by atoms with E-state index in [1.165, 1.54) is 0 Å². The van der Waals surface area contributed by atoms with Crippen LogP contribution < -0.4 is 11.1 Å². The van der Waals surface area contributed by atoms with Crippen LogP contribution in [0.1, 0.15) is 41.5 Å². The van der Waals surface area contributed by atoms with Gasteiger partial charge in [-0.1, -0.05) is 41.5 Å². The summed E-state index contributed by atoms with van der Waals surface area (Å²) in [4.78, 5) is 0. The Morgan fingerprint density at radius 1 is 1.14 bits per heavy atom. The van der Waals surface area contributed by atoms with Gasteiger partial charge in [0.15, 0.2) is 0 Å². The second kappa shape index (κ2) is 5.72. The average Bonchev–Trinajstić information content (AvgIpc) is 2.04. The summed E-state index contributed by atoms with van der Waals surface area (Å²) >= 11 is 0. The Balaban J connectivity index is 4.02. The van der Waals surface area contributed by atoms with Crippen molar-refractivity contribution in [3.63, 3.8) is 0 Å². The molecule has 0 saturated heterocycles. The van der Waals surface area contributed by atoms with E-state index in [1.807, 2.05) is 0 Å². The van der Waals surface area contributed by atoms with Crippen LogP contribution in [-0.2, 0) is 0 Å². The smallest absolute Gasteiger partial charge is 0.0213 e. The summed E-state index contributed by atoms with van der Waals surface area (Å²) in [5.74, 6) is 1.31. The molecule has 0 rings (SSSR count). The third kappa shape index (κ3) is 4.43. The summed E-state index contributed by atoms with van der Waals surface area (Å²) in [6, 6.07) is 0.452. The van der Waals surface area contributed by atoms with E-state index in [2.05, 4.69) is 46.9 Å². The molecule has 0 saturated carbocycles. The lowest BCUT2D eigenvalue weighted by molar-refractivity contribution is 0.219. The lowest BCUT2D eigenvalue weighted by Gasteiger charge is -2.32. The Morgan fingerprint density at radius 3 is 1.93 bits per heavy atom. The molecule has 0 radical (unpaired) electrons. The summed E-state index contributed by atoms with van der Waals surface area (Å²) in [5, 5.41) is 3.57. The number of rotatable bonds is 6. The topological polar surface area (TPSA) is 38.0 Å². The van der Waals surface area contributed by atoms with E-state index in [9.17, 15) is 0 Å². The number of hydrogen-bond acceptors (Lipinski definition) is 2. The number of nitrogens with one attached hydrogen (secondary N) is 1. The molecule has 0 aromatic rings. The maximum absolute atomic E-state index is 5.72. The van der Waals surface area contributed by atoms with Gasteiger partial charge in [0, 0.05) is 19.1 Å². The third-order valence-electron chi connectivity index (χ3n) is 3.44. The molecule has 0 amide bonds. The maximum atomic E-state index is 5.72.